The van der Waals surface area contributed by atoms with Crippen LogP contribution in [0, 0.1) is 5.82 Å². The number of anilines is 1. The highest BCUT2D eigenvalue weighted by atomic mass is 19.1. The van der Waals surface area contributed by atoms with Crippen LogP contribution in [-0.4, -0.2) is 16.8 Å². The second-order valence-electron chi connectivity index (χ2n) is 7.03. The summed E-state index contributed by atoms with van der Waals surface area (Å²) in [4.78, 5) is 29.6. The SMILES string of the molecule is O=C(Nc1ccc(-c2cccc3ncccc23)c2c1C(=O)NC2)c1ccc(F)cc1. The summed E-state index contributed by atoms with van der Waals surface area (Å²) in [5, 5.41) is 6.63. The maximum Gasteiger partial charge on any atom is 0.255 e. The Morgan fingerprint density at radius 1 is 0.967 bits per heavy atom. The summed E-state index contributed by atoms with van der Waals surface area (Å²) < 4.78 is 13.1. The van der Waals surface area contributed by atoms with Crippen molar-refractivity contribution in [2.24, 2.45) is 0 Å². The van der Waals surface area contributed by atoms with E-state index in [0.29, 0.717) is 23.4 Å². The molecule has 1 aliphatic rings. The first kappa shape index (κ1) is 18.0. The number of nitrogens with zero attached hydrogens (tertiary/aromatic N) is 1. The zero-order valence-electron chi connectivity index (χ0n) is 15.8. The number of nitrogens with one attached hydrogen (secondary N) is 2. The number of amides is 2. The zero-order valence-corrected chi connectivity index (χ0v) is 15.8. The molecular formula is C24H16FN3O2. The smallest absolute Gasteiger partial charge is 0.255 e. The molecule has 0 fully saturated rings. The number of rotatable bonds is 3. The van der Waals surface area contributed by atoms with Gasteiger partial charge in [0.1, 0.15) is 5.82 Å². The molecule has 3 aromatic carbocycles. The number of halogens is 1. The van der Waals surface area contributed by atoms with E-state index in [2.05, 4.69) is 15.6 Å². The van der Waals surface area contributed by atoms with Gasteiger partial charge in [0.25, 0.3) is 11.8 Å². The summed E-state index contributed by atoms with van der Waals surface area (Å²) in [7, 11) is 0. The number of benzene rings is 3. The third-order valence-corrected chi connectivity index (χ3v) is 5.26. The lowest BCUT2D eigenvalue weighted by Crippen LogP contribution is -2.17. The van der Waals surface area contributed by atoms with Crippen LogP contribution >= 0.6 is 0 Å². The topological polar surface area (TPSA) is 71.1 Å². The van der Waals surface area contributed by atoms with Crippen molar-refractivity contribution in [3.8, 4) is 11.1 Å². The summed E-state index contributed by atoms with van der Waals surface area (Å²) in [6.07, 6.45) is 1.75. The van der Waals surface area contributed by atoms with E-state index in [-0.39, 0.29) is 5.91 Å². The number of carbonyl (C=O) groups is 2. The standard InChI is InChI=1S/C24H16FN3O2/c25-15-8-6-14(7-9-15)23(29)28-21-11-10-17(19-13-27-24(30)22(19)21)16-3-1-5-20-18(16)4-2-12-26-20/h1-12H,13H2,(H,27,30)(H,28,29). The van der Waals surface area contributed by atoms with Crippen LogP contribution in [0.4, 0.5) is 10.1 Å². The van der Waals surface area contributed by atoms with E-state index >= 15 is 0 Å². The predicted octanol–water partition coefficient (Wildman–Crippen LogP) is 4.54. The van der Waals surface area contributed by atoms with Gasteiger partial charge in [-0.1, -0.05) is 24.3 Å². The minimum atomic E-state index is -0.416. The molecule has 1 aromatic heterocycles. The largest absolute Gasteiger partial charge is 0.348 e. The summed E-state index contributed by atoms with van der Waals surface area (Å²) in [5.41, 5.74) is 4.78. The lowest BCUT2D eigenvalue weighted by atomic mass is 9.93. The first-order chi connectivity index (χ1) is 14.6. The number of hydrogen-bond donors (Lipinski definition) is 2. The average molecular weight is 397 g/mol. The third kappa shape index (κ3) is 2.99. The molecule has 2 heterocycles. The van der Waals surface area contributed by atoms with Crippen molar-refractivity contribution in [3.05, 3.63) is 95.4 Å². The number of hydrogen-bond acceptors (Lipinski definition) is 3. The fourth-order valence-corrected chi connectivity index (χ4v) is 3.84. The molecule has 6 heteroatoms. The maximum absolute atomic E-state index is 13.1. The molecular weight excluding hydrogens is 381 g/mol. The fraction of sp³-hybridized carbons (Fsp3) is 0.0417. The van der Waals surface area contributed by atoms with E-state index in [1.807, 2.05) is 36.4 Å². The van der Waals surface area contributed by atoms with Crippen molar-refractivity contribution < 1.29 is 14.0 Å². The fourth-order valence-electron chi connectivity index (χ4n) is 3.84. The van der Waals surface area contributed by atoms with Gasteiger partial charge >= 0.3 is 0 Å². The zero-order chi connectivity index (χ0) is 20.7. The Morgan fingerprint density at radius 3 is 2.63 bits per heavy atom. The third-order valence-electron chi connectivity index (χ3n) is 5.26. The highest BCUT2D eigenvalue weighted by Gasteiger charge is 2.27. The Kier molecular flexibility index (Phi) is 4.25. The molecule has 146 valence electrons. The number of fused-ring (bicyclic) bond motifs is 2. The Morgan fingerprint density at radius 2 is 1.80 bits per heavy atom. The molecule has 30 heavy (non-hydrogen) atoms. The van der Waals surface area contributed by atoms with Gasteiger partial charge in [-0.2, -0.15) is 0 Å². The quantitative estimate of drug-likeness (QED) is 0.533. The van der Waals surface area contributed by atoms with Crippen LogP contribution in [0.1, 0.15) is 26.3 Å². The maximum atomic E-state index is 13.1. The van der Waals surface area contributed by atoms with E-state index in [9.17, 15) is 14.0 Å². The van der Waals surface area contributed by atoms with Crippen molar-refractivity contribution in [1.82, 2.24) is 10.3 Å². The molecule has 0 aliphatic carbocycles. The van der Waals surface area contributed by atoms with Crippen molar-refractivity contribution in [2.45, 2.75) is 6.54 Å². The van der Waals surface area contributed by atoms with Crippen LogP contribution in [-0.2, 0) is 6.54 Å². The molecule has 0 unspecified atom stereocenters. The van der Waals surface area contributed by atoms with Crippen LogP contribution in [0.3, 0.4) is 0 Å². The Labute approximate surface area is 171 Å². The molecule has 0 saturated heterocycles. The summed E-state index contributed by atoms with van der Waals surface area (Å²) in [5.74, 6) is -1.06. The first-order valence-corrected chi connectivity index (χ1v) is 9.47. The second-order valence-corrected chi connectivity index (χ2v) is 7.03. The van der Waals surface area contributed by atoms with Crippen molar-refractivity contribution in [1.29, 1.82) is 0 Å². The van der Waals surface area contributed by atoms with E-state index in [0.717, 1.165) is 27.6 Å². The predicted molar refractivity (Wildman–Crippen MR) is 113 cm³/mol. The van der Waals surface area contributed by atoms with Gasteiger partial charge in [-0.25, -0.2) is 4.39 Å². The molecule has 0 bridgehead atoms. The normalized spacial score (nSPS) is 12.5. The molecule has 0 atom stereocenters. The van der Waals surface area contributed by atoms with Crippen LogP contribution in [0.15, 0.2) is 72.9 Å². The van der Waals surface area contributed by atoms with Gasteiger partial charge in [-0.15, -0.1) is 0 Å². The number of aromatic nitrogens is 1. The monoisotopic (exact) mass is 397 g/mol. The van der Waals surface area contributed by atoms with Crippen molar-refractivity contribution in [3.63, 3.8) is 0 Å². The van der Waals surface area contributed by atoms with Crippen LogP contribution in [0.2, 0.25) is 0 Å². The minimum Gasteiger partial charge on any atom is -0.348 e. The lowest BCUT2D eigenvalue weighted by Gasteiger charge is -2.14. The molecule has 1 aliphatic heterocycles. The second kappa shape index (κ2) is 7.08. The highest BCUT2D eigenvalue weighted by Crippen LogP contribution is 2.37. The average Bonchev–Trinajstić information content (AvgIpc) is 3.16. The summed E-state index contributed by atoms with van der Waals surface area (Å²) >= 11 is 0. The van der Waals surface area contributed by atoms with Crippen molar-refractivity contribution in [2.75, 3.05) is 5.32 Å². The van der Waals surface area contributed by atoms with Gasteiger partial charge in [-0.3, -0.25) is 14.6 Å². The molecule has 0 spiro atoms. The van der Waals surface area contributed by atoms with Gasteiger partial charge < -0.3 is 10.6 Å². The molecule has 4 aromatic rings. The van der Waals surface area contributed by atoms with E-state index in [1.165, 1.54) is 24.3 Å². The van der Waals surface area contributed by atoms with Crippen LogP contribution in [0.5, 0.6) is 0 Å². The Balaban J connectivity index is 1.59. The number of carbonyl (C=O) groups excluding carboxylic acids is 2. The molecule has 2 N–H and O–H groups in total. The Bertz CT molecular complexity index is 1310. The molecule has 2 amide bonds. The number of pyridine rings is 1. The van der Waals surface area contributed by atoms with E-state index in [4.69, 9.17) is 0 Å². The van der Waals surface area contributed by atoms with Crippen molar-refractivity contribution >= 4 is 28.4 Å². The summed E-state index contributed by atoms with van der Waals surface area (Å²) in [6.45, 7) is 0.375. The Hall–Kier alpha value is -4.06. The van der Waals surface area contributed by atoms with Gasteiger partial charge in [0.2, 0.25) is 0 Å². The molecule has 5 nitrogen and oxygen atoms in total. The molecule has 0 saturated carbocycles. The van der Waals surface area contributed by atoms with Gasteiger partial charge in [0.15, 0.2) is 0 Å². The van der Waals surface area contributed by atoms with E-state index < -0.39 is 11.7 Å². The summed E-state index contributed by atoms with van der Waals surface area (Å²) in [6, 6.07) is 18.7. The van der Waals surface area contributed by atoms with Gasteiger partial charge in [0, 0.05) is 23.7 Å². The van der Waals surface area contributed by atoms with Crippen LogP contribution < -0.4 is 10.6 Å². The molecule has 5 rings (SSSR count). The van der Waals surface area contributed by atoms with E-state index in [1.54, 1.807) is 12.3 Å². The van der Waals surface area contributed by atoms with Gasteiger partial charge in [-0.05, 0) is 59.2 Å². The lowest BCUT2D eigenvalue weighted by molar-refractivity contribution is 0.0966. The van der Waals surface area contributed by atoms with Gasteiger partial charge in [0.05, 0.1) is 16.8 Å². The minimum absolute atomic E-state index is 0.236. The molecule has 0 radical (unpaired) electrons. The highest BCUT2D eigenvalue weighted by molar-refractivity contribution is 6.12. The van der Waals surface area contributed by atoms with Crippen LogP contribution in [0.25, 0.3) is 22.0 Å². The first-order valence-electron chi connectivity index (χ1n) is 9.47.